The van der Waals surface area contributed by atoms with Crippen LogP contribution in [0.5, 0.6) is 0 Å². The number of rotatable bonds is 5. The number of carbonyl (C=O) groups is 2. The number of anilines is 1. The lowest BCUT2D eigenvalue weighted by Gasteiger charge is -2.36. The van der Waals surface area contributed by atoms with E-state index in [2.05, 4.69) is 22.0 Å². The number of nitrogens with one attached hydrogen (secondary N) is 3. The molecule has 0 aliphatic carbocycles. The van der Waals surface area contributed by atoms with Crippen LogP contribution < -0.4 is 16.0 Å². The summed E-state index contributed by atoms with van der Waals surface area (Å²) in [6.07, 6.45) is 2.83. The molecule has 6 heteroatoms. The second-order valence-electron chi connectivity index (χ2n) is 7.12. The van der Waals surface area contributed by atoms with Gasteiger partial charge in [0.25, 0.3) is 0 Å². The Balaban J connectivity index is 1.71. The minimum atomic E-state index is -0.448. The molecule has 1 unspecified atom stereocenters. The Morgan fingerprint density at radius 3 is 2.80 bits per heavy atom. The van der Waals surface area contributed by atoms with Crippen molar-refractivity contribution in [2.24, 2.45) is 5.41 Å². The van der Waals surface area contributed by atoms with Gasteiger partial charge in [0.2, 0.25) is 11.8 Å². The van der Waals surface area contributed by atoms with Gasteiger partial charge in [-0.25, -0.2) is 0 Å². The van der Waals surface area contributed by atoms with Gasteiger partial charge in [0.15, 0.2) is 0 Å². The fraction of sp³-hybridized carbons (Fsp3) is 0.579. The summed E-state index contributed by atoms with van der Waals surface area (Å²) in [5.74, 6) is 0.128. The third-order valence-electron chi connectivity index (χ3n) is 5.34. The van der Waals surface area contributed by atoms with Crippen molar-refractivity contribution in [2.75, 3.05) is 32.1 Å². The number of hydrogen-bond acceptors (Lipinski definition) is 4. The van der Waals surface area contributed by atoms with Crippen LogP contribution in [-0.2, 0) is 20.7 Å². The predicted molar refractivity (Wildman–Crippen MR) is 96.4 cm³/mol. The molecule has 1 saturated heterocycles. The molecule has 3 rings (SSSR count). The molecular formula is C19H27N3O3. The molecule has 2 heterocycles. The Kier molecular flexibility index (Phi) is 5.39. The molecule has 0 saturated carbocycles. The van der Waals surface area contributed by atoms with Crippen LogP contribution in [0.15, 0.2) is 18.2 Å². The highest BCUT2D eigenvalue weighted by molar-refractivity contribution is 5.94. The number of hydrogen-bond donors (Lipinski definition) is 3. The molecule has 2 amide bonds. The molecule has 1 aromatic rings. The van der Waals surface area contributed by atoms with E-state index in [4.69, 9.17) is 4.74 Å². The molecule has 2 aliphatic rings. The minimum absolute atomic E-state index is 0.0639. The number of aryl methyl sites for hydroxylation is 1. The first kappa shape index (κ1) is 17.9. The molecule has 0 aromatic heterocycles. The zero-order valence-corrected chi connectivity index (χ0v) is 15.0. The van der Waals surface area contributed by atoms with Crippen molar-refractivity contribution in [3.63, 3.8) is 0 Å². The third-order valence-corrected chi connectivity index (χ3v) is 5.34. The van der Waals surface area contributed by atoms with Crippen molar-refractivity contribution in [3.8, 4) is 0 Å². The summed E-state index contributed by atoms with van der Waals surface area (Å²) in [5, 5.41) is 9.37. The standard InChI is InChI=1S/C19H27N3O3/c1-13(14-3-5-16-15(11-14)4-6-17(23)22-16)21-18(24)19(12-25-2)7-9-20-10-8-19/h3,5,11,13,20H,4,6-10,12H2,1-2H3,(H,21,24)(H,22,23). The second kappa shape index (κ2) is 7.54. The maximum atomic E-state index is 12.9. The van der Waals surface area contributed by atoms with Gasteiger partial charge in [-0.3, -0.25) is 9.59 Å². The largest absolute Gasteiger partial charge is 0.384 e. The summed E-state index contributed by atoms with van der Waals surface area (Å²) in [7, 11) is 1.65. The summed E-state index contributed by atoms with van der Waals surface area (Å²) in [6.45, 7) is 4.12. The van der Waals surface area contributed by atoms with Gasteiger partial charge < -0.3 is 20.7 Å². The van der Waals surface area contributed by atoms with E-state index in [1.54, 1.807) is 7.11 Å². The van der Waals surface area contributed by atoms with E-state index in [1.807, 2.05) is 19.1 Å². The van der Waals surface area contributed by atoms with E-state index in [1.165, 1.54) is 0 Å². The highest BCUT2D eigenvalue weighted by Gasteiger charge is 2.40. The number of ether oxygens (including phenoxy) is 1. The first-order valence-electron chi connectivity index (χ1n) is 8.97. The van der Waals surface area contributed by atoms with Crippen molar-refractivity contribution in [3.05, 3.63) is 29.3 Å². The van der Waals surface area contributed by atoms with E-state index in [0.29, 0.717) is 13.0 Å². The van der Waals surface area contributed by atoms with Crippen LogP contribution in [0.3, 0.4) is 0 Å². The van der Waals surface area contributed by atoms with Crippen LogP contribution in [-0.4, -0.2) is 38.6 Å². The highest BCUT2D eigenvalue weighted by atomic mass is 16.5. The maximum Gasteiger partial charge on any atom is 0.229 e. The topological polar surface area (TPSA) is 79.5 Å². The van der Waals surface area contributed by atoms with Crippen molar-refractivity contribution in [2.45, 2.75) is 38.6 Å². The van der Waals surface area contributed by atoms with Crippen molar-refractivity contribution in [1.29, 1.82) is 0 Å². The summed E-state index contributed by atoms with van der Waals surface area (Å²) >= 11 is 0. The summed E-state index contributed by atoms with van der Waals surface area (Å²) in [4.78, 5) is 24.4. The third kappa shape index (κ3) is 3.85. The Labute approximate surface area is 148 Å². The second-order valence-corrected chi connectivity index (χ2v) is 7.12. The Hall–Kier alpha value is -1.92. The average molecular weight is 345 g/mol. The van der Waals surface area contributed by atoms with Gasteiger partial charge in [-0.05, 0) is 56.5 Å². The van der Waals surface area contributed by atoms with Gasteiger partial charge in [0.1, 0.15) is 0 Å². The molecule has 2 aliphatic heterocycles. The van der Waals surface area contributed by atoms with Crippen LogP contribution in [0.2, 0.25) is 0 Å². The lowest BCUT2D eigenvalue weighted by molar-refractivity contribution is -0.136. The molecule has 0 bridgehead atoms. The molecule has 1 fully saturated rings. The molecule has 0 radical (unpaired) electrons. The number of piperidine rings is 1. The number of fused-ring (bicyclic) bond motifs is 1. The highest BCUT2D eigenvalue weighted by Crippen LogP contribution is 2.31. The fourth-order valence-electron chi connectivity index (χ4n) is 3.72. The van der Waals surface area contributed by atoms with Crippen molar-refractivity contribution >= 4 is 17.5 Å². The summed E-state index contributed by atoms with van der Waals surface area (Å²) in [5.41, 5.74) is 2.63. The number of methoxy groups -OCH3 is 1. The lowest BCUT2D eigenvalue weighted by Crippen LogP contribution is -2.50. The SMILES string of the molecule is COCC1(C(=O)NC(C)c2ccc3c(c2)CCC(=O)N3)CCNCC1. The molecular weight excluding hydrogens is 318 g/mol. The monoisotopic (exact) mass is 345 g/mol. The van der Waals surface area contributed by atoms with Gasteiger partial charge in [0, 0.05) is 19.2 Å². The van der Waals surface area contributed by atoms with Gasteiger partial charge >= 0.3 is 0 Å². The van der Waals surface area contributed by atoms with E-state index in [0.717, 1.165) is 49.2 Å². The molecule has 6 nitrogen and oxygen atoms in total. The molecule has 1 atom stereocenters. The smallest absolute Gasteiger partial charge is 0.229 e. The molecule has 136 valence electrons. The van der Waals surface area contributed by atoms with E-state index in [-0.39, 0.29) is 17.9 Å². The fourth-order valence-corrected chi connectivity index (χ4v) is 3.72. The van der Waals surface area contributed by atoms with Crippen molar-refractivity contribution in [1.82, 2.24) is 10.6 Å². The molecule has 3 N–H and O–H groups in total. The van der Waals surface area contributed by atoms with E-state index in [9.17, 15) is 9.59 Å². The van der Waals surface area contributed by atoms with E-state index >= 15 is 0 Å². The van der Waals surface area contributed by atoms with E-state index < -0.39 is 5.41 Å². The quantitative estimate of drug-likeness (QED) is 0.760. The molecule has 25 heavy (non-hydrogen) atoms. The summed E-state index contributed by atoms with van der Waals surface area (Å²) < 4.78 is 5.35. The van der Waals surface area contributed by atoms with Crippen LogP contribution in [0.25, 0.3) is 0 Å². The van der Waals surface area contributed by atoms with Gasteiger partial charge in [-0.1, -0.05) is 12.1 Å². The maximum absolute atomic E-state index is 12.9. The first-order chi connectivity index (χ1) is 12.0. The Bertz CT molecular complexity index is 648. The number of benzene rings is 1. The van der Waals surface area contributed by atoms with Gasteiger partial charge in [-0.2, -0.15) is 0 Å². The molecule has 0 spiro atoms. The lowest BCUT2D eigenvalue weighted by atomic mass is 9.78. The number of amides is 2. The summed E-state index contributed by atoms with van der Waals surface area (Å²) in [6, 6.07) is 5.91. The normalized spacial score (nSPS) is 20.3. The Morgan fingerprint density at radius 1 is 1.32 bits per heavy atom. The van der Waals surface area contributed by atoms with Gasteiger partial charge in [0.05, 0.1) is 18.1 Å². The first-order valence-corrected chi connectivity index (χ1v) is 8.97. The van der Waals surface area contributed by atoms with Crippen molar-refractivity contribution < 1.29 is 14.3 Å². The Morgan fingerprint density at radius 2 is 2.08 bits per heavy atom. The predicted octanol–water partition coefficient (Wildman–Crippen LogP) is 1.76. The van der Waals surface area contributed by atoms with Gasteiger partial charge in [-0.15, -0.1) is 0 Å². The minimum Gasteiger partial charge on any atom is -0.384 e. The number of carbonyl (C=O) groups excluding carboxylic acids is 2. The van der Waals surface area contributed by atoms with Crippen LogP contribution >= 0.6 is 0 Å². The zero-order chi connectivity index (χ0) is 17.9. The van der Waals surface area contributed by atoms with Crippen LogP contribution in [0.1, 0.15) is 43.4 Å². The zero-order valence-electron chi connectivity index (χ0n) is 15.0. The average Bonchev–Trinajstić information content (AvgIpc) is 2.62. The van der Waals surface area contributed by atoms with Crippen LogP contribution in [0.4, 0.5) is 5.69 Å². The van der Waals surface area contributed by atoms with Crippen LogP contribution in [0, 0.1) is 5.41 Å². The molecule has 1 aromatic carbocycles.